The SMILES string of the molecule is C=CC(C)N(CCCC(=O)O)C(C)C. The molecular weight excluding hydrogens is 178 g/mol. The third kappa shape index (κ3) is 5.02. The number of carbonyl (C=O) groups is 1. The van der Waals surface area contributed by atoms with E-state index in [4.69, 9.17) is 5.11 Å². The number of carboxylic acids is 1. The van der Waals surface area contributed by atoms with Crippen LogP contribution in [0.1, 0.15) is 33.6 Å². The first kappa shape index (κ1) is 13.2. The zero-order valence-electron chi connectivity index (χ0n) is 9.36. The normalized spacial score (nSPS) is 13.2. The molecule has 0 amide bonds. The number of carboxylic acid groups (broad SMARTS) is 1. The lowest BCUT2D eigenvalue weighted by Crippen LogP contribution is -2.38. The van der Waals surface area contributed by atoms with E-state index in [0.29, 0.717) is 18.5 Å². The Balaban J connectivity index is 3.97. The number of nitrogens with zero attached hydrogens (tertiary/aromatic N) is 1. The van der Waals surface area contributed by atoms with Crippen LogP contribution in [0.2, 0.25) is 0 Å². The molecule has 0 aromatic carbocycles. The van der Waals surface area contributed by atoms with Crippen molar-refractivity contribution in [3.63, 3.8) is 0 Å². The Labute approximate surface area is 86.4 Å². The minimum Gasteiger partial charge on any atom is -0.481 e. The van der Waals surface area contributed by atoms with E-state index < -0.39 is 5.97 Å². The van der Waals surface area contributed by atoms with E-state index in [1.54, 1.807) is 0 Å². The maximum Gasteiger partial charge on any atom is 0.303 e. The molecule has 0 saturated heterocycles. The van der Waals surface area contributed by atoms with Crippen molar-refractivity contribution >= 4 is 5.97 Å². The summed E-state index contributed by atoms with van der Waals surface area (Å²) in [5.74, 6) is -0.722. The number of hydrogen-bond acceptors (Lipinski definition) is 2. The molecule has 1 unspecified atom stereocenters. The van der Waals surface area contributed by atoms with E-state index in [0.717, 1.165) is 6.54 Å². The van der Waals surface area contributed by atoms with Crippen molar-refractivity contribution in [3.8, 4) is 0 Å². The quantitative estimate of drug-likeness (QED) is 0.639. The molecule has 14 heavy (non-hydrogen) atoms. The predicted octanol–water partition coefficient (Wildman–Crippen LogP) is 2.14. The Bertz CT molecular complexity index is 190. The first-order valence-corrected chi connectivity index (χ1v) is 5.09. The molecule has 0 heterocycles. The van der Waals surface area contributed by atoms with Crippen LogP contribution in [0.5, 0.6) is 0 Å². The Morgan fingerprint density at radius 1 is 1.50 bits per heavy atom. The van der Waals surface area contributed by atoms with Crippen LogP contribution in [0.4, 0.5) is 0 Å². The summed E-state index contributed by atoms with van der Waals surface area (Å²) in [5, 5.41) is 8.52. The van der Waals surface area contributed by atoms with Gasteiger partial charge in [0.1, 0.15) is 0 Å². The Hall–Kier alpha value is -0.830. The average Bonchev–Trinajstić information content (AvgIpc) is 2.10. The topological polar surface area (TPSA) is 40.5 Å². The van der Waals surface area contributed by atoms with E-state index in [1.807, 2.05) is 6.08 Å². The molecule has 0 aliphatic carbocycles. The van der Waals surface area contributed by atoms with Crippen molar-refractivity contribution in [3.05, 3.63) is 12.7 Å². The standard InChI is InChI=1S/C11H21NO2/c1-5-10(4)12(9(2)3)8-6-7-11(13)14/h5,9-10H,1,6-8H2,2-4H3,(H,13,14). The van der Waals surface area contributed by atoms with Gasteiger partial charge in [-0.3, -0.25) is 9.69 Å². The maximum absolute atomic E-state index is 10.4. The fourth-order valence-electron chi connectivity index (χ4n) is 1.48. The molecule has 3 nitrogen and oxygen atoms in total. The highest BCUT2D eigenvalue weighted by Gasteiger charge is 2.14. The summed E-state index contributed by atoms with van der Waals surface area (Å²) in [6.07, 6.45) is 2.83. The molecule has 0 fully saturated rings. The lowest BCUT2D eigenvalue weighted by molar-refractivity contribution is -0.137. The molecule has 0 bridgehead atoms. The monoisotopic (exact) mass is 199 g/mol. The molecule has 82 valence electrons. The van der Waals surface area contributed by atoms with E-state index in [9.17, 15) is 4.79 Å². The highest BCUT2D eigenvalue weighted by Crippen LogP contribution is 2.08. The highest BCUT2D eigenvalue weighted by molar-refractivity contribution is 5.66. The fourth-order valence-corrected chi connectivity index (χ4v) is 1.48. The summed E-state index contributed by atoms with van der Waals surface area (Å²) in [5.41, 5.74) is 0. The van der Waals surface area contributed by atoms with Gasteiger partial charge in [-0.05, 0) is 33.7 Å². The number of hydrogen-bond donors (Lipinski definition) is 1. The molecule has 0 aliphatic heterocycles. The molecule has 1 N–H and O–H groups in total. The summed E-state index contributed by atoms with van der Waals surface area (Å²) >= 11 is 0. The first-order valence-electron chi connectivity index (χ1n) is 5.09. The van der Waals surface area contributed by atoms with Crippen molar-refractivity contribution in [1.29, 1.82) is 0 Å². The van der Waals surface area contributed by atoms with Crippen LogP contribution in [0.3, 0.4) is 0 Å². The van der Waals surface area contributed by atoms with Crippen LogP contribution < -0.4 is 0 Å². The van der Waals surface area contributed by atoms with E-state index >= 15 is 0 Å². The zero-order chi connectivity index (χ0) is 11.1. The summed E-state index contributed by atoms with van der Waals surface area (Å²) in [4.78, 5) is 12.6. The Morgan fingerprint density at radius 3 is 2.43 bits per heavy atom. The van der Waals surface area contributed by atoms with Gasteiger partial charge in [-0.2, -0.15) is 0 Å². The van der Waals surface area contributed by atoms with Crippen molar-refractivity contribution < 1.29 is 9.90 Å². The second-order valence-electron chi connectivity index (χ2n) is 3.81. The third-order valence-electron chi connectivity index (χ3n) is 2.33. The molecule has 0 aromatic heterocycles. The van der Waals surface area contributed by atoms with E-state index in [1.165, 1.54) is 0 Å². The molecule has 0 saturated carbocycles. The number of aliphatic carboxylic acids is 1. The van der Waals surface area contributed by atoms with Gasteiger partial charge in [0, 0.05) is 18.5 Å². The van der Waals surface area contributed by atoms with E-state index in [-0.39, 0.29) is 6.42 Å². The molecule has 0 aromatic rings. The summed E-state index contributed by atoms with van der Waals surface area (Å²) in [6, 6.07) is 0.737. The smallest absolute Gasteiger partial charge is 0.303 e. The van der Waals surface area contributed by atoms with Gasteiger partial charge in [-0.15, -0.1) is 6.58 Å². The first-order chi connectivity index (χ1) is 6.49. The summed E-state index contributed by atoms with van der Waals surface area (Å²) in [6.45, 7) is 10.9. The molecular formula is C11H21NO2. The molecule has 0 rings (SSSR count). The van der Waals surface area contributed by atoms with Gasteiger partial charge in [-0.25, -0.2) is 0 Å². The molecule has 0 spiro atoms. The summed E-state index contributed by atoms with van der Waals surface area (Å²) in [7, 11) is 0. The van der Waals surface area contributed by atoms with Crippen molar-refractivity contribution in [2.45, 2.75) is 45.7 Å². The van der Waals surface area contributed by atoms with Crippen LogP contribution in [-0.4, -0.2) is 34.6 Å². The molecule has 0 aliphatic rings. The van der Waals surface area contributed by atoms with Gasteiger partial charge < -0.3 is 5.11 Å². The predicted molar refractivity (Wildman–Crippen MR) is 58.4 cm³/mol. The fraction of sp³-hybridized carbons (Fsp3) is 0.727. The third-order valence-corrected chi connectivity index (χ3v) is 2.33. The van der Waals surface area contributed by atoms with Gasteiger partial charge in [0.15, 0.2) is 0 Å². The van der Waals surface area contributed by atoms with Gasteiger partial charge in [0.05, 0.1) is 0 Å². The van der Waals surface area contributed by atoms with Gasteiger partial charge in [0.25, 0.3) is 0 Å². The molecule has 1 atom stereocenters. The maximum atomic E-state index is 10.4. The van der Waals surface area contributed by atoms with Crippen molar-refractivity contribution in [1.82, 2.24) is 4.90 Å². The minimum absolute atomic E-state index is 0.243. The van der Waals surface area contributed by atoms with Crippen LogP contribution >= 0.6 is 0 Å². The molecule has 3 heteroatoms. The van der Waals surface area contributed by atoms with E-state index in [2.05, 4.69) is 32.3 Å². The largest absolute Gasteiger partial charge is 0.481 e. The number of rotatable bonds is 7. The second-order valence-corrected chi connectivity index (χ2v) is 3.81. The second kappa shape index (κ2) is 6.60. The summed E-state index contributed by atoms with van der Waals surface area (Å²) < 4.78 is 0. The Morgan fingerprint density at radius 2 is 2.07 bits per heavy atom. The van der Waals surface area contributed by atoms with Crippen molar-refractivity contribution in [2.75, 3.05) is 6.54 Å². The highest BCUT2D eigenvalue weighted by atomic mass is 16.4. The van der Waals surface area contributed by atoms with Crippen LogP contribution in [-0.2, 0) is 4.79 Å². The lowest BCUT2D eigenvalue weighted by atomic mass is 10.2. The van der Waals surface area contributed by atoms with Crippen molar-refractivity contribution in [2.24, 2.45) is 0 Å². The van der Waals surface area contributed by atoms with Crippen LogP contribution in [0, 0.1) is 0 Å². The van der Waals surface area contributed by atoms with Gasteiger partial charge in [-0.1, -0.05) is 6.08 Å². The molecule has 0 radical (unpaired) electrons. The van der Waals surface area contributed by atoms with Crippen LogP contribution in [0.25, 0.3) is 0 Å². The lowest BCUT2D eigenvalue weighted by Gasteiger charge is -2.30. The van der Waals surface area contributed by atoms with Gasteiger partial charge >= 0.3 is 5.97 Å². The Kier molecular flexibility index (Phi) is 6.21. The van der Waals surface area contributed by atoms with Gasteiger partial charge in [0.2, 0.25) is 0 Å². The van der Waals surface area contributed by atoms with Crippen LogP contribution in [0.15, 0.2) is 12.7 Å². The minimum atomic E-state index is -0.722. The zero-order valence-corrected chi connectivity index (χ0v) is 9.36. The average molecular weight is 199 g/mol.